The first kappa shape index (κ1) is 20.6. The van der Waals surface area contributed by atoms with Gasteiger partial charge in [0, 0.05) is 26.4 Å². The van der Waals surface area contributed by atoms with Crippen molar-refractivity contribution in [3.63, 3.8) is 0 Å². The minimum absolute atomic E-state index is 0.0830. The molecule has 0 bridgehead atoms. The fourth-order valence-corrected chi connectivity index (χ4v) is 4.13. The summed E-state index contributed by atoms with van der Waals surface area (Å²) in [5.74, 6) is 0.0830. The van der Waals surface area contributed by atoms with Crippen LogP contribution in [0.1, 0.15) is 36.0 Å². The van der Waals surface area contributed by atoms with E-state index < -0.39 is 5.41 Å². The van der Waals surface area contributed by atoms with Crippen LogP contribution < -0.4 is 5.32 Å². The van der Waals surface area contributed by atoms with Gasteiger partial charge in [-0.3, -0.25) is 4.79 Å². The molecule has 28 heavy (non-hydrogen) atoms. The number of nitrogens with one attached hydrogen (secondary N) is 1. The average molecular weight is 382 g/mol. The molecule has 0 saturated carbocycles. The monoisotopic (exact) mass is 381 g/mol. The van der Waals surface area contributed by atoms with Crippen molar-refractivity contribution in [1.82, 2.24) is 5.32 Å². The van der Waals surface area contributed by atoms with Crippen LogP contribution in [0.15, 0.2) is 42.5 Å². The molecule has 1 fully saturated rings. The number of aliphatic hydroxyl groups is 1. The lowest BCUT2D eigenvalue weighted by Gasteiger charge is -2.36. The van der Waals surface area contributed by atoms with Gasteiger partial charge in [-0.1, -0.05) is 48.0 Å². The number of aryl methyl sites for hydroxylation is 2. The van der Waals surface area contributed by atoms with Crippen molar-refractivity contribution in [2.75, 3.05) is 26.4 Å². The highest BCUT2D eigenvalue weighted by atomic mass is 16.5. The number of ether oxygens (including phenoxy) is 1. The zero-order chi connectivity index (χ0) is 20.0. The van der Waals surface area contributed by atoms with Gasteiger partial charge >= 0.3 is 0 Å². The topological polar surface area (TPSA) is 58.6 Å². The van der Waals surface area contributed by atoms with Crippen LogP contribution in [0.4, 0.5) is 0 Å². The Bertz CT molecular complexity index is 809. The van der Waals surface area contributed by atoms with Gasteiger partial charge in [0.05, 0.1) is 5.41 Å². The highest BCUT2D eigenvalue weighted by Gasteiger charge is 2.40. The first-order valence-electron chi connectivity index (χ1n) is 10.2. The smallest absolute Gasteiger partial charge is 0.226 e. The van der Waals surface area contributed by atoms with Gasteiger partial charge in [-0.15, -0.1) is 0 Å². The van der Waals surface area contributed by atoms with E-state index in [0.717, 1.165) is 12.8 Å². The number of hydrogen-bond acceptors (Lipinski definition) is 3. The van der Waals surface area contributed by atoms with Crippen LogP contribution in [0.2, 0.25) is 0 Å². The van der Waals surface area contributed by atoms with Crippen molar-refractivity contribution < 1.29 is 14.6 Å². The first-order valence-corrected chi connectivity index (χ1v) is 10.2. The van der Waals surface area contributed by atoms with Crippen LogP contribution in [0.5, 0.6) is 0 Å². The Morgan fingerprint density at radius 1 is 1.11 bits per heavy atom. The molecule has 3 rings (SSSR count). The van der Waals surface area contributed by atoms with Gasteiger partial charge < -0.3 is 15.2 Å². The van der Waals surface area contributed by atoms with Crippen LogP contribution in [-0.2, 0) is 16.0 Å². The van der Waals surface area contributed by atoms with Crippen LogP contribution in [-0.4, -0.2) is 37.4 Å². The summed E-state index contributed by atoms with van der Waals surface area (Å²) in [5.41, 5.74) is 5.68. The van der Waals surface area contributed by atoms with E-state index in [-0.39, 0.29) is 12.5 Å². The summed E-state index contributed by atoms with van der Waals surface area (Å²) in [6, 6.07) is 15.0. The van der Waals surface area contributed by atoms with E-state index in [1.807, 2.05) is 0 Å². The summed E-state index contributed by atoms with van der Waals surface area (Å²) in [7, 11) is 0. The predicted molar refractivity (Wildman–Crippen MR) is 112 cm³/mol. The largest absolute Gasteiger partial charge is 0.396 e. The van der Waals surface area contributed by atoms with Gasteiger partial charge in [-0.2, -0.15) is 0 Å². The summed E-state index contributed by atoms with van der Waals surface area (Å²) in [4.78, 5) is 13.1. The Hall–Kier alpha value is -2.17. The van der Waals surface area contributed by atoms with Gasteiger partial charge in [0.25, 0.3) is 0 Å². The molecule has 1 amide bonds. The minimum Gasteiger partial charge on any atom is -0.396 e. The maximum absolute atomic E-state index is 13.1. The van der Waals surface area contributed by atoms with Crippen LogP contribution in [0, 0.1) is 19.3 Å². The zero-order valence-corrected chi connectivity index (χ0v) is 17.0. The molecule has 0 aromatic heterocycles. The molecule has 4 nitrogen and oxygen atoms in total. The Kier molecular flexibility index (Phi) is 6.87. The highest BCUT2D eigenvalue weighted by Crippen LogP contribution is 2.38. The SMILES string of the molecule is Cc1ccc(-c2ccccc2CC2(C(=O)NCCCO)CCOCC2)c(C)c1. The summed E-state index contributed by atoms with van der Waals surface area (Å²) < 4.78 is 5.57. The molecular formula is C24H31NO3. The van der Waals surface area contributed by atoms with E-state index in [4.69, 9.17) is 9.84 Å². The van der Waals surface area contributed by atoms with Crippen LogP contribution in [0.3, 0.4) is 0 Å². The maximum Gasteiger partial charge on any atom is 0.226 e. The molecular weight excluding hydrogens is 350 g/mol. The lowest BCUT2D eigenvalue weighted by molar-refractivity contribution is -0.136. The maximum atomic E-state index is 13.1. The van der Waals surface area contributed by atoms with Crippen LogP contribution in [0.25, 0.3) is 11.1 Å². The third-order valence-electron chi connectivity index (χ3n) is 5.77. The molecule has 4 heteroatoms. The molecule has 1 saturated heterocycles. The number of aliphatic hydroxyl groups excluding tert-OH is 1. The lowest BCUT2D eigenvalue weighted by atomic mass is 9.73. The van der Waals surface area contributed by atoms with E-state index in [1.54, 1.807) is 0 Å². The number of carbonyl (C=O) groups is 1. The third kappa shape index (κ3) is 4.62. The Labute approximate surface area is 167 Å². The van der Waals surface area contributed by atoms with Gasteiger partial charge in [0.2, 0.25) is 5.91 Å². The fraction of sp³-hybridized carbons (Fsp3) is 0.458. The van der Waals surface area contributed by atoms with Gasteiger partial charge in [0.15, 0.2) is 0 Å². The summed E-state index contributed by atoms with van der Waals surface area (Å²) >= 11 is 0. The average Bonchev–Trinajstić information content (AvgIpc) is 2.69. The number of benzene rings is 2. The molecule has 1 aliphatic rings. The standard InChI is InChI=1S/C24H31NO3/c1-18-8-9-21(19(2)16-18)22-7-4-3-6-20(22)17-24(10-14-28-15-11-24)23(27)25-12-5-13-26/h3-4,6-9,16,26H,5,10-15,17H2,1-2H3,(H,25,27). The quantitative estimate of drug-likeness (QED) is 0.717. The molecule has 2 aromatic carbocycles. The Morgan fingerprint density at radius 2 is 1.86 bits per heavy atom. The molecule has 0 atom stereocenters. The molecule has 0 radical (unpaired) electrons. The van der Waals surface area contributed by atoms with Crippen molar-refractivity contribution in [3.05, 3.63) is 59.2 Å². The molecule has 0 aliphatic carbocycles. The predicted octanol–water partition coefficient (Wildman–Crippen LogP) is 3.81. The van der Waals surface area contributed by atoms with Crippen molar-refractivity contribution >= 4 is 5.91 Å². The van der Waals surface area contributed by atoms with E-state index >= 15 is 0 Å². The lowest BCUT2D eigenvalue weighted by Crippen LogP contribution is -2.46. The van der Waals surface area contributed by atoms with Crippen molar-refractivity contribution in [3.8, 4) is 11.1 Å². The van der Waals surface area contributed by atoms with Gasteiger partial charge in [0.1, 0.15) is 0 Å². The summed E-state index contributed by atoms with van der Waals surface area (Å²) in [6.45, 7) is 6.07. The molecule has 0 unspecified atom stereocenters. The molecule has 2 N–H and O–H groups in total. The first-order chi connectivity index (χ1) is 13.6. The molecule has 0 spiro atoms. The zero-order valence-electron chi connectivity index (χ0n) is 17.0. The fourth-order valence-electron chi connectivity index (χ4n) is 4.13. The molecule has 2 aromatic rings. The van der Waals surface area contributed by atoms with E-state index in [0.29, 0.717) is 32.6 Å². The summed E-state index contributed by atoms with van der Waals surface area (Å²) in [6.07, 6.45) is 2.72. The second kappa shape index (κ2) is 9.35. The minimum atomic E-state index is -0.456. The van der Waals surface area contributed by atoms with Crippen molar-refractivity contribution in [2.45, 2.75) is 39.5 Å². The third-order valence-corrected chi connectivity index (χ3v) is 5.77. The Morgan fingerprint density at radius 3 is 2.57 bits per heavy atom. The molecule has 1 heterocycles. The van der Waals surface area contributed by atoms with Gasteiger partial charge in [-0.25, -0.2) is 0 Å². The van der Waals surface area contributed by atoms with Crippen molar-refractivity contribution in [2.24, 2.45) is 5.41 Å². The van der Waals surface area contributed by atoms with Crippen molar-refractivity contribution in [1.29, 1.82) is 0 Å². The normalized spacial score (nSPS) is 16.0. The number of hydrogen-bond donors (Lipinski definition) is 2. The molecule has 150 valence electrons. The van der Waals surface area contributed by atoms with E-state index in [2.05, 4.69) is 61.6 Å². The van der Waals surface area contributed by atoms with E-state index in [1.165, 1.54) is 27.8 Å². The second-order valence-corrected chi connectivity index (χ2v) is 7.88. The summed E-state index contributed by atoms with van der Waals surface area (Å²) in [5, 5.41) is 12.1. The number of carbonyl (C=O) groups excluding carboxylic acids is 1. The Balaban J connectivity index is 1.92. The molecule has 1 aliphatic heterocycles. The highest BCUT2D eigenvalue weighted by molar-refractivity contribution is 5.84. The number of amides is 1. The van der Waals surface area contributed by atoms with Crippen LogP contribution >= 0.6 is 0 Å². The van der Waals surface area contributed by atoms with Gasteiger partial charge in [-0.05, 0) is 61.8 Å². The van der Waals surface area contributed by atoms with E-state index in [9.17, 15) is 4.79 Å². The second-order valence-electron chi connectivity index (χ2n) is 7.88. The number of rotatable bonds is 7.